The topological polar surface area (TPSA) is 93.9 Å². The molecule has 7 nitrogen and oxygen atoms in total. The summed E-state index contributed by atoms with van der Waals surface area (Å²) in [5, 5.41) is 10.3. The molecule has 1 aliphatic rings. The van der Waals surface area contributed by atoms with Gasteiger partial charge in [-0.2, -0.15) is 5.10 Å². The summed E-state index contributed by atoms with van der Waals surface area (Å²) < 4.78 is 13.1. The van der Waals surface area contributed by atoms with Gasteiger partial charge in [0.25, 0.3) is 11.5 Å². The van der Waals surface area contributed by atoms with E-state index in [1.54, 1.807) is 18.2 Å². The number of hydrogen-bond donors (Lipinski definition) is 3. The molecule has 1 fully saturated rings. The van der Waals surface area contributed by atoms with Crippen molar-refractivity contribution in [1.29, 1.82) is 0 Å². The van der Waals surface area contributed by atoms with Crippen LogP contribution in [0.2, 0.25) is 0 Å². The second kappa shape index (κ2) is 8.30. The maximum atomic E-state index is 13.1. The number of nitrogens with zero attached hydrogens (tertiary/aromatic N) is 2. The molecule has 2 aromatic heterocycles. The summed E-state index contributed by atoms with van der Waals surface area (Å²) in [6, 6.07) is 11.4. The number of halogens is 1. The van der Waals surface area contributed by atoms with Crippen LogP contribution in [-0.4, -0.2) is 40.7 Å². The van der Waals surface area contributed by atoms with Gasteiger partial charge in [-0.05, 0) is 60.7 Å². The van der Waals surface area contributed by atoms with Crippen molar-refractivity contribution < 1.29 is 9.18 Å². The highest BCUT2D eigenvalue weighted by Gasteiger charge is 2.22. The second-order valence-corrected chi connectivity index (χ2v) is 7.20. The van der Waals surface area contributed by atoms with Gasteiger partial charge in [0, 0.05) is 31.9 Å². The number of piperidine rings is 1. The van der Waals surface area contributed by atoms with Crippen LogP contribution < -0.4 is 15.8 Å². The predicted octanol–water partition coefficient (Wildman–Crippen LogP) is 2.55. The summed E-state index contributed by atoms with van der Waals surface area (Å²) in [6.07, 6.45) is 3.35. The predicted molar refractivity (Wildman–Crippen MR) is 108 cm³/mol. The van der Waals surface area contributed by atoms with Crippen LogP contribution in [0.4, 0.5) is 10.2 Å². The first-order valence-corrected chi connectivity index (χ1v) is 9.62. The number of anilines is 1. The fraction of sp³-hybridized carbons (Fsp3) is 0.286. The van der Waals surface area contributed by atoms with Gasteiger partial charge in [-0.1, -0.05) is 0 Å². The number of benzene rings is 1. The highest BCUT2D eigenvalue weighted by atomic mass is 19.1. The lowest BCUT2D eigenvalue weighted by molar-refractivity contribution is 0.0943. The number of hydrogen-bond acceptors (Lipinski definition) is 4. The van der Waals surface area contributed by atoms with Crippen LogP contribution in [0.5, 0.6) is 0 Å². The molecule has 0 spiro atoms. The van der Waals surface area contributed by atoms with E-state index in [1.165, 1.54) is 24.4 Å². The molecule has 0 saturated carbocycles. The minimum atomic E-state index is -0.379. The zero-order valence-corrected chi connectivity index (χ0v) is 15.8. The lowest BCUT2D eigenvalue weighted by Gasteiger charge is -2.32. The van der Waals surface area contributed by atoms with E-state index < -0.39 is 0 Å². The summed E-state index contributed by atoms with van der Waals surface area (Å²) in [6.45, 7) is 2.21. The fourth-order valence-corrected chi connectivity index (χ4v) is 3.55. The van der Waals surface area contributed by atoms with Crippen molar-refractivity contribution in [1.82, 2.24) is 20.5 Å². The lowest BCUT2D eigenvalue weighted by atomic mass is 9.96. The molecule has 0 bridgehead atoms. The smallest absolute Gasteiger partial charge is 0.260 e. The zero-order chi connectivity index (χ0) is 20.2. The molecule has 1 aromatic carbocycles. The maximum absolute atomic E-state index is 13.1. The third-order valence-corrected chi connectivity index (χ3v) is 5.27. The van der Waals surface area contributed by atoms with Crippen molar-refractivity contribution in [3.63, 3.8) is 0 Å². The van der Waals surface area contributed by atoms with E-state index in [1.807, 2.05) is 6.07 Å². The number of carbonyl (C=O) groups excluding carboxylic acids is 1. The second-order valence-electron chi connectivity index (χ2n) is 7.20. The molecule has 3 N–H and O–H groups in total. The third kappa shape index (κ3) is 4.37. The molecule has 1 aliphatic heterocycles. The van der Waals surface area contributed by atoms with Gasteiger partial charge < -0.3 is 15.2 Å². The first kappa shape index (κ1) is 18.9. The van der Waals surface area contributed by atoms with Crippen molar-refractivity contribution in [2.75, 3.05) is 24.5 Å². The standard InChI is InChI=1S/C21H22FN5O2/c22-16-5-3-15(4-6-16)18-12-19(26-25-18)27-10-7-14(8-11-27)13-24-21(29)17-2-1-9-23-20(17)28/h1-6,9,12,14H,7-8,10-11,13H2,(H,23,28)(H,24,29)(H,25,26). The molecule has 1 amide bonds. The molecule has 0 aliphatic carbocycles. The maximum Gasteiger partial charge on any atom is 0.260 e. The number of amides is 1. The molecule has 0 unspecified atom stereocenters. The number of pyridine rings is 1. The van der Waals surface area contributed by atoms with E-state index in [0.717, 1.165) is 43.0 Å². The first-order chi connectivity index (χ1) is 14.1. The van der Waals surface area contributed by atoms with Gasteiger partial charge in [-0.3, -0.25) is 14.7 Å². The van der Waals surface area contributed by atoms with E-state index >= 15 is 0 Å². The molecule has 3 heterocycles. The molecule has 1 saturated heterocycles. The molecule has 150 valence electrons. The Labute approximate surface area is 167 Å². The molecule has 0 radical (unpaired) electrons. The van der Waals surface area contributed by atoms with E-state index in [0.29, 0.717) is 12.5 Å². The Balaban J connectivity index is 1.30. The molecule has 29 heavy (non-hydrogen) atoms. The molecule has 0 atom stereocenters. The number of aromatic amines is 2. The van der Waals surface area contributed by atoms with E-state index in [9.17, 15) is 14.0 Å². The van der Waals surface area contributed by atoms with Crippen molar-refractivity contribution in [3.05, 3.63) is 70.4 Å². The Kier molecular flexibility index (Phi) is 5.41. The largest absolute Gasteiger partial charge is 0.355 e. The van der Waals surface area contributed by atoms with Crippen LogP contribution in [0.15, 0.2) is 53.5 Å². The Hall–Kier alpha value is -3.42. The molecular weight excluding hydrogens is 373 g/mol. The summed E-state index contributed by atoms with van der Waals surface area (Å²) in [7, 11) is 0. The summed E-state index contributed by atoms with van der Waals surface area (Å²) in [5.41, 5.74) is 1.49. The summed E-state index contributed by atoms with van der Waals surface area (Å²) in [4.78, 5) is 28.6. The van der Waals surface area contributed by atoms with Crippen LogP contribution in [0.3, 0.4) is 0 Å². The van der Waals surface area contributed by atoms with Gasteiger partial charge >= 0.3 is 0 Å². The van der Waals surface area contributed by atoms with Gasteiger partial charge in [0.05, 0.1) is 5.69 Å². The summed E-state index contributed by atoms with van der Waals surface area (Å²) >= 11 is 0. The first-order valence-electron chi connectivity index (χ1n) is 9.62. The Morgan fingerprint density at radius 2 is 1.97 bits per heavy atom. The number of nitrogens with one attached hydrogen (secondary N) is 3. The van der Waals surface area contributed by atoms with Crippen molar-refractivity contribution >= 4 is 11.7 Å². The number of aromatic nitrogens is 3. The monoisotopic (exact) mass is 395 g/mol. The van der Waals surface area contributed by atoms with Crippen molar-refractivity contribution in [2.45, 2.75) is 12.8 Å². The highest BCUT2D eigenvalue weighted by Crippen LogP contribution is 2.25. The minimum Gasteiger partial charge on any atom is -0.355 e. The highest BCUT2D eigenvalue weighted by molar-refractivity contribution is 5.93. The van der Waals surface area contributed by atoms with Crippen LogP contribution >= 0.6 is 0 Å². The third-order valence-electron chi connectivity index (χ3n) is 5.27. The van der Waals surface area contributed by atoms with E-state index in [2.05, 4.69) is 25.4 Å². The molecular formula is C21H22FN5O2. The van der Waals surface area contributed by atoms with Gasteiger partial charge in [-0.25, -0.2) is 4.39 Å². The van der Waals surface area contributed by atoms with Crippen LogP contribution in [-0.2, 0) is 0 Å². The SMILES string of the molecule is O=C(NCC1CCN(c2cc(-c3ccc(F)cc3)[nH]n2)CC1)c1ccc[nH]c1=O. The molecule has 8 heteroatoms. The Morgan fingerprint density at radius 3 is 2.69 bits per heavy atom. The molecule has 4 rings (SSSR count). The minimum absolute atomic E-state index is 0.134. The fourth-order valence-electron chi connectivity index (χ4n) is 3.55. The Morgan fingerprint density at radius 1 is 1.21 bits per heavy atom. The van der Waals surface area contributed by atoms with Gasteiger partial charge in [0.15, 0.2) is 5.82 Å². The normalized spacial score (nSPS) is 14.7. The van der Waals surface area contributed by atoms with Crippen LogP contribution in [0.25, 0.3) is 11.3 Å². The van der Waals surface area contributed by atoms with Crippen molar-refractivity contribution in [2.24, 2.45) is 5.92 Å². The molecule has 3 aromatic rings. The number of rotatable bonds is 5. The van der Waals surface area contributed by atoms with Gasteiger partial charge in [-0.15, -0.1) is 0 Å². The zero-order valence-electron chi connectivity index (χ0n) is 15.8. The summed E-state index contributed by atoms with van der Waals surface area (Å²) in [5.74, 6) is 0.612. The van der Waals surface area contributed by atoms with E-state index in [4.69, 9.17) is 0 Å². The van der Waals surface area contributed by atoms with Crippen molar-refractivity contribution in [3.8, 4) is 11.3 Å². The van der Waals surface area contributed by atoms with E-state index in [-0.39, 0.29) is 22.8 Å². The van der Waals surface area contributed by atoms with Crippen LogP contribution in [0.1, 0.15) is 23.2 Å². The average Bonchev–Trinajstić information content (AvgIpc) is 3.23. The number of H-pyrrole nitrogens is 2. The van der Waals surface area contributed by atoms with Crippen LogP contribution in [0, 0.1) is 11.7 Å². The van der Waals surface area contributed by atoms with Gasteiger partial charge in [0.1, 0.15) is 11.4 Å². The Bertz CT molecular complexity index is 1040. The van der Waals surface area contributed by atoms with Gasteiger partial charge in [0.2, 0.25) is 0 Å². The number of carbonyl (C=O) groups is 1. The average molecular weight is 395 g/mol. The lowest BCUT2D eigenvalue weighted by Crippen LogP contribution is -2.39. The quantitative estimate of drug-likeness (QED) is 0.619.